The maximum absolute atomic E-state index is 12.5. The molecule has 0 radical (unpaired) electrons. The van der Waals surface area contributed by atoms with Crippen molar-refractivity contribution in [3.05, 3.63) is 82.6 Å². The second-order valence-corrected chi connectivity index (χ2v) is 13.2. The van der Waals surface area contributed by atoms with E-state index in [1.165, 1.54) is 40.5 Å². The van der Waals surface area contributed by atoms with Crippen LogP contribution in [0.25, 0.3) is 0 Å². The maximum atomic E-state index is 12.5. The van der Waals surface area contributed by atoms with E-state index in [1.807, 2.05) is 42.7 Å². The summed E-state index contributed by atoms with van der Waals surface area (Å²) in [6, 6.07) is 21.1. The van der Waals surface area contributed by atoms with Crippen molar-refractivity contribution >= 4 is 67.7 Å². The summed E-state index contributed by atoms with van der Waals surface area (Å²) < 4.78 is 32.5. The molecule has 4 aromatic rings. The van der Waals surface area contributed by atoms with E-state index < -0.39 is 9.84 Å². The number of thioether (sulfide) groups is 2. The minimum atomic E-state index is -3.56. The van der Waals surface area contributed by atoms with Gasteiger partial charge in [0.2, 0.25) is 9.84 Å². The Hall–Kier alpha value is -2.77. The van der Waals surface area contributed by atoms with Gasteiger partial charge in [0.1, 0.15) is 21.6 Å². The Morgan fingerprint density at radius 1 is 0.806 bits per heavy atom. The van der Waals surface area contributed by atoms with Gasteiger partial charge in [0.25, 0.3) is 0 Å². The molecule has 36 heavy (non-hydrogen) atoms. The molecule has 4 rings (SSSR count). The molecule has 0 saturated carbocycles. The fourth-order valence-corrected chi connectivity index (χ4v) is 8.33. The maximum Gasteiger partial charge on any atom is 0.208 e. The molecule has 0 aliphatic rings. The molecule has 2 aromatic carbocycles. The van der Waals surface area contributed by atoms with Crippen LogP contribution in [0.2, 0.25) is 0 Å². The van der Waals surface area contributed by atoms with E-state index in [4.69, 9.17) is 27.0 Å². The molecule has 6 N–H and O–H groups in total. The smallest absolute Gasteiger partial charge is 0.208 e. The van der Waals surface area contributed by atoms with Gasteiger partial charge in [-0.05, 0) is 42.8 Å². The van der Waals surface area contributed by atoms with Gasteiger partial charge in [-0.25, -0.2) is 8.42 Å². The van der Waals surface area contributed by atoms with Crippen LogP contribution in [0.5, 0.6) is 11.5 Å². The van der Waals surface area contributed by atoms with E-state index >= 15 is 0 Å². The first-order chi connectivity index (χ1) is 17.2. The number of benzene rings is 2. The Kier molecular flexibility index (Phi) is 9.63. The molecule has 0 amide bonds. The molecule has 0 atom stereocenters. The van der Waals surface area contributed by atoms with Crippen LogP contribution in [0.3, 0.4) is 0 Å². The molecule has 2 heterocycles. The van der Waals surface area contributed by atoms with Gasteiger partial charge in [-0.15, -0.1) is 46.2 Å². The second kappa shape index (κ2) is 12.5. The first kappa shape index (κ1) is 27.8. The molecule has 0 bridgehead atoms. The Morgan fingerprint density at radius 3 is 1.83 bits per heavy atom. The normalized spacial score (nSPS) is 10.8. The third kappa shape index (κ3) is 6.71. The molecule has 0 aliphatic heterocycles. The number of amidine groups is 2. The van der Waals surface area contributed by atoms with E-state index in [1.54, 1.807) is 48.3 Å². The van der Waals surface area contributed by atoms with Gasteiger partial charge in [0, 0.05) is 6.07 Å². The van der Waals surface area contributed by atoms with Gasteiger partial charge in [0.15, 0.2) is 5.75 Å². The van der Waals surface area contributed by atoms with Crippen LogP contribution in [0, 0.1) is 10.8 Å². The highest BCUT2D eigenvalue weighted by molar-refractivity contribution is 8.01. The van der Waals surface area contributed by atoms with Gasteiger partial charge < -0.3 is 16.2 Å². The zero-order valence-corrected chi connectivity index (χ0v) is 23.4. The zero-order valence-electron chi connectivity index (χ0n) is 19.3. The van der Waals surface area contributed by atoms with Crippen LogP contribution in [-0.2, 0) is 9.84 Å². The van der Waals surface area contributed by atoms with Gasteiger partial charge >= 0.3 is 0 Å². The van der Waals surface area contributed by atoms with Crippen molar-refractivity contribution in [1.82, 2.24) is 0 Å². The zero-order chi connectivity index (χ0) is 26.3. The van der Waals surface area contributed by atoms with Crippen LogP contribution < -0.4 is 16.2 Å². The van der Waals surface area contributed by atoms with Crippen LogP contribution in [-0.4, -0.2) is 32.6 Å². The first-order valence-electron chi connectivity index (χ1n) is 10.2. The summed E-state index contributed by atoms with van der Waals surface area (Å²) in [5, 5.41) is 14.8. The van der Waals surface area contributed by atoms with Crippen molar-refractivity contribution in [1.29, 1.82) is 10.8 Å². The van der Waals surface area contributed by atoms with Crippen molar-refractivity contribution in [3.63, 3.8) is 0 Å². The predicted octanol–water partition coefficient (Wildman–Crippen LogP) is 6.13. The number of hydrogen-bond acceptors (Lipinski definition) is 9. The average molecular weight is 577 g/mol. The molecule has 188 valence electrons. The van der Waals surface area contributed by atoms with E-state index in [-0.39, 0.29) is 21.5 Å². The number of hydrogen-bond donors (Lipinski definition) is 4. The molecule has 0 saturated heterocycles. The van der Waals surface area contributed by atoms with E-state index in [0.29, 0.717) is 9.09 Å². The van der Waals surface area contributed by atoms with Gasteiger partial charge in [-0.1, -0.05) is 36.4 Å². The van der Waals surface area contributed by atoms with Crippen molar-refractivity contribution in [2.45, 2.75) is 18.2 Å². The lowest BCUT2D eigenvalue weighted by molar-refractivity contribution is 0.475. The summed E-state index contributed by atoms with van der Waals surface area (Å²) in [5.74, 6) is 1.51. The van der Waals surface area contributed by atoms with Crippen LogP contribution in [0.4, 0.5) is 0 Å². The molecular formula is C24H24N4O3S5. The highest BCUT2D eigenvalue weighted by atomic mass is 32.2. The molecule has 0 spiro atoms. The third-order valence-electron chi connectivity index (χ3n) is 4.55. The Morgan fingerprint density at radius 2 is 1.31 bits per heavy atom. The van der Waals surface area contributed by atoms with Crippen LogP contribution in [0.15, 0.2) is 91.0 Å². The number of nitrogens with one attached hydrogen (secondary N) is 2. The molecule has 0 fully saturated rings. The number of rotatable bonds is 8. The SMILES string of the molecule is CSc1sc(C(=N)N)cc1Oc1ccccc1.CSc1sc(C(=N)N)cc1S(=O)(=O)c1ccccc1. The van der Waals surface area contributed by atoms with E-state index in [2.05, 4.69) is 0 Å². The molecule has 12 heteroatoms. The average Bonchev–Trinajstić information content (AvgIpc) is 3.51. The highest BCUT2D eigenvalue weighted by Gasteiger charge is 2.24. The summed E-state index contributed by atoms with van der Waals surface area (Å²) in [4.78, 5) is 1.68. The predicted molar refractivity (Wildman–Crippen MR) is 153 cm³/mol. The lowest BCUT2D eigenvalue weighted by atomic mass is 10.3. The summed E-state index contributed by atoms with van der Waals surface area (Å²) in [6.07, 6.45) is 3.79. The van der Waals surface area contributed by atoms with Crippen molar-refractivity contribution < 1.29 is 13.2 Å². The largest absolute Gasteiger partial charge is 0.455 e. The van der Waals surface area contributed by atoms with E-state index in [9.17, 15) is 8.42 Å². The molecule has 7 nitrogen and oxygen atoms in total. The van der Waals surface area contributed by atoms with Gasteiger partial charge in [0.05, 0.1) is 23.8 Å². The van der Waals surface area contributed by atoms with Crippen molar-refractivity contribution in [3.8, 4) is 11.5 Å². The van der Waals surface area contributed by atoms with E-state index in [0.717, 1.165) is 20.6 Å². The van der Waals surface area contributed by atoms with Crippen molar-refractivity contribution in [2.75, 3.05) is 12.5 Å². The van der Waals surface area contributed by atoms with Crippen LogP contribution in [0.1, 0.15) is 9.75 Å². The number of sulfone groups is 1. The lowest BCUT2D eigenvalue weighted by Crippen LogP contribution is -2.08. The highest BCUT2D eigenvalue weighted by Crippen LogP contribution is 2.39. The quantitative estimate of drug-likeness (QED) is 0.112. The number of thiophene rings is 2. The molecule has 0 unspecified atom stereocenters. The number of ether oxygens (including phenoxy) is 1. The Labute approximate surface area is 226 Å². The van der Waals surface area contributed by atoms with Gasteiger partial charge in [-0.3, -0.25) is 10.8 Å². The third-order valence-corrected chi connectivity index (χ3v) is 11.2. The lowest BCUT2D eigenvalue weighted by Gasteiger charge is -2.04. The molecular weight excluding hydrogens is 553 g/mol. The van der Waals surface area contributed by atoms with Crippen molar-refractivity contribution in [2.24, 2.45) is 11.5 Å². The molecule has 2 aromatic heterocycles. The first-order valence-corrected chi connectivity index (χ1v) is 15.8. The number of para-hydroxylation sites is 1. The van der Waals surface area contributed by atoms with Crippen LogP contribution >= 0.6 is 46.2 Å². The Bertz CT molecular complexity index is 1450. The second-order valence-electron chi connectivity index (χ2n) is 6.99. The number of nitrogens with two attached hydrogens (primary N) is 2. The summed E-state index contributed by atoms with van der Waals surface area (Å²) in [6.45, 7) is 0. The number of nitrogen functional groups attached to an aromatic ring is 2. The fourth-order valence-electron chi connectivity index (χ4n) is 2.87. The van der Waals surface area contributed by atoms with Gasteiger partial charge in [-0.2, -0.15) is 0 Å². The fraction of sp³-hybridized carbons (Fsp3) is 0.0833. The summed E-state index contributed by atoms with van der Waals surface area (Å²) in [5.41, 5.74) is 10.9. The minimum absolute atomic E-state index is 0.0770. The minimum Gasteiger partial charge on any atom is -0.455 e. The molecule has 0 aliphatic carbocycles. The summed E-state index contributed by atoms with van der Waals surface area (Å²) >= 11 is 5.64. The Balaban J connectivity index is 0.000000202. The standard InChI is InChI=1S/C12H12N2O2S3.C12H12N2OS2/c1-17-12-10(7-9(18-12)11(13)14)19(15,16)8-5-3-2-4-6-8;1-16-12-9(7-10(17-12)11(13)14)15-8-5-3-2-4-6-8/h2-7H,1H3,(H3,13,14);2-7H,1H3,(H3,13,14). The topological polar surface area (TPSA) is 143 Å². The monoisotopic (exact) mass is 576 g/mol. The summed E-state index contributed by atoms with van der Waals surface area (Å²) in [7, 11) is -3.56.